The fourth-order valence-electron chi connectivity index (χ4n) is 4.76. The number of carbonyl (C=O) groups is 2. The summed E-state index contributed by atoms with van der Waals surface area (Å²) >= 11 is 5.22. The summed E-state index contributed by atoms with van der Waals surface area (Å²) in [5, 5.41) is 10.1. The number of hydrogen-bond donors (Lipinski definition) is 3. The van der Waals surface area contributed by atoms with Gasteiger partial charge in [0, 0.05) is 37.6 Å². The lowest BCUT2D eigenvalue weighted by Gasteiger charge is -2.37. The third kappa shape index (κ3) is 8.93. The van der Waals surface area contributed by atoms with Crippen LogP contribution in [0.4, 0.5) is 20.7 Å². The second-order valence-corrected chi connectivity index (χ2v) is 10.7. The van der Waals surface area contributed by atoms with E-state index in [1.807, 2.05) is 0 Å². The highest BCUT2D eigenvalue weighted by molar-refractivity contribution is 7.80. The van der Waals surface area contributed by atoms with Crippen molar-refractivity contribution in [1.29, 1.82) is 0 Å². The molecule has 0 radical (unpaired) electrons. The number of thiocarbonyl (C=S) groups is 1. The monoisotopic (exact) mass is 592 g/mol. The van der Waals surface area contributed by atoms with Crippen LogP contribution in [0, 0.1) is 11.7 Å². The minimum Gasteiger partial charge on any atom is -0.457 e. The molecule has 2 aliphatic heterocycles. The van der Waals surface area contributed by atoms with Crippen LogP contribution in [0.15, 0.2) is 66.9 Å². The molecule has 42 heavy (non-hydrogen) atoms. The molecule has 1 aromatic heterocycles. The Morgan fingerprint density at radius 1 is 0.952 bits per heavy atom. The molecule has 2 aromatic carbocycles. The van der Waals surface area contributed by atoms with Gasteiger partial charge in [-0.25, -0.2) is 14.2 Å². The normalized spacial score (nSPS) is 15.7. The predicted octanol–water partition coefficient (Wildman–Crippen LogP) is 4.95. The Kier molecular flexibility index (Phi) is 9.90. The van der Waals surface area contributed by atoms with Gasteiger partial charge in [0.05, 0.1) is 6.42 Å². The molecule has 3 aromatic rings. The third-order valence-electron chi connectivity index (χ3n) is 7.09. The minimum atomic E-state index is -0.586. The van der Waals surface area contributed by atoms with Crippen LogP contribution in [0.2, 0.25) is 0 Å². The molecule has 2 fully saturated rings. The van der Waals surface area contributed by atoms with E-state index >= 15 is 0 Å². The minimum absolute atomic E-state index is 0.0764. The van der Waals surface area contributed by atoms with Gasteiger partial charge in [-0.05, 0) is 98.5 Å². The number of benzene rings is 2. The fourth-order valence-corrected chi connectivity index (χ4v) is 5.00. The topological polar surface area (TPSA) is 108 Å². The van der Waals surface area contributed by atoms with Crippen molar-refractivity contribution in [2.24, 2.45) is 5.92 Å². The molecule has 0 atom stereocenters. The number of nitrogens with zero attached hydrogens (tertiary/aromatic N) is 3. The van der Waals surface area contributed by atoms with Gasteiger partial charge in [0.25, 0.3) is 0 Å². The van der Waals surface area contributed by atoms with Crippen molar-refractivity contribution in [1.82, 2.24) is 20.3 Å². The van der Waals surface area contributed by atoms with E-state index in [0.29, 0.717) is 34.5 Å². The number of rotatable bonds is 9. The highest BCUT2D eigenvalue weighted by Gasteiger charge is 2.25. The van der Waals surface area contributed by atoms with Crippen molar-refractivity contribution in [2.75, 3.05) is 43.4 Å². The number of carbonyl (C=O) groups excluding carboxylic acids is 2. The number of pyridine rings is 1. The molecule has 10 nitrogen and oxygen atoms in total. The largest absolute Gasteiger partial charge is 0.457 e. The molecular formula is C30H33FN6O4S. The highest BCUT2D eigenvalue weighted by Crippen LogP contribution is 2.25. The van der Waals surface area contributed by atoms with Crippen molar-refractivity contribution in [3.05, 3.63) is 78.2 Å². The summed E-state index contributed by atoms with van der Waals surface area (Å²) < 4.78 is 18.9. The average molecular weight is 593 g/mol. The molecule has 220 valence electrons. The fraction of sp³-hybridized carbons (Fsp3) is 0.333. The molecular weight excluding hydrogens is 559 g/mol. The molecule has 2 saturated heterocycles. The van der Waals surface area contributed by atoms with Gasteiger partial charge in [0.1, 0.15) is 23.1 Å². The molecule has 12 heteroatoms. The third-order valence-corrected chi connectivity index (χ3v) is 7.30. The molecule has 5 rings (SSSR count). The van der Waals surface area contributed by atoms with Gasteiger partial charge < -0.3 is 25.1 Å². The first-order valence-electron chi connectivity index (χ1n) is 13.9. The van der Waals surface area contributed by atoms with E-state index in [0.717, 1.165) is 32.5 Å². The Bertz CT molecular complexity index is 1380. The zero-order valence-electron chi connectivity index (χ0n) is 23.1. The van der Waals surface area contributed by atoms with Gasteiger partial charge in [-0.3, -0.25) is 10.1 Å². The van der Waals surface area contributed by atoms with E-state index in [-0.39, 0.29) is 23.3 Å². The smallest absolute Gasteiger partial charge is 0.431 e. The zero-order chi connectivity index (χ0) is 29.3. The maximum atomic E-state index is 13.0. The Hall–Kier alpha value is -4.13. The quantitative estimate of drug-likeness (QED) is 0.298. The van der Waals surface area contributed by atoms with Crippen molar-refractivity contribution in [3.8, 4) is 11.5 Å². The van der Waals surface area contributed by atoms with Crippen molar-refractivity contribution in [3.63, 3.8) is 0 Å². The molecule has 0 bridgehead atoms. The summed E-state index contributed by atoms with van der Waals surface area (Å²) in [7, 11) is 0. The number of amides is 2. The van der Waals surface area contributed by atoms with Crippen LogP contribution in [0.5, 0.6) is 11.5 Å². The molecule has 0 aliphatic carbocycles. The highest BCUT2D eigenvalue weighted by atomic mass is 32.1. The van der Waals surface area contributed by atoms with Gasteiger partial charge in [-0.1, -0.05) is 12.1 Å². The lowest BCUT2D eigenvalue weighted by Crippen LogP contribution is -2.44. The van der Waals surface area contributed by atoms with Crippen LogP contribution < -0.4 is 20.7 Å². The van der Waals surface area contributed by atoms with Crippen molar-refractivity contribution >= 4 is 40.8 Å². The predicted molar refractivity (Wildman–Crippen MR) is 161 cm³/mol. The number of anilines is 2. The standard InChI is InChI=1S/C30H33FN6O4S/c31-23-4-2-21(3-5-23)18-28(38)35-29(42)33-24-6-8-25(9-7-24)40-26-10-13-32-27(19-26)34-30(39)41-37-16-11-22(12-17-37)20-36-14-1-15-36/h2-10,13,19,22H,1,11-12,14-18,20H2,(H,32,34,39)(H2,33,35,38,42). The van der Waals surface area contributed by atoms with Crippen molar-refractivity contribution < 1.29 is 23.6 Å². The summed E-state index contributed by atoms with van der Waals surface area (Å²) in [5.41, 5.74) is 1.33. The van der Waals surface area contributed by atoms with E-state index in [2.05, 4.69) is 25.8 Å². The molecule has 2 amide bonds. The van der Waals surface area contributed by atoms with Crippen molar-refractivity contribution in [2.45, 2.75) is 25.7 Å². The summed E-state index contributed by atoms with van der Waals surface area (Å²) in [6.07, 6.45) is 4.35. The van der Waals surface area contributed by atoms with E-state index < -0.39 is 6.09 Å². The first-order chi connectivity index (χ1) is 20.4. The van der Waals surface area contributed by atoms with Gasteiger partial charge in [0.2, 0.25) is 5.91 Å². The van der Waals surface area contributed by atoms with Gasteiger partial charge in [-0.15, -0.1) is 5.06 Å². The number of piperidine rings is 1. The molecule has 0 saturated carbocycles. The summed E-state index contributed by atoms with van der Waals surface area (Å²) in [6, 6.07) is 16.0. The van der Waals surface area contributed by atoms with Crippen LogP contribution >= 0.6 is 12.2 Å². The molecule has 2 aliphatic rings. The number of likely N-dealkylation sites (tertiary alicyclic amines) is 1. The number of hydrogen-bond acceptors (Lipinski definition) is 8. The van der Waals surface area contributed by atoms with E-state index in [1.54, 1.807) is 53.6 Å². The van der Waals surface area contributed by atoms with Crippen LogP contribution in [-0.2, 0) is 16.1 Å². The number of ether oxygens (including phenoxy) is 1. The van der Waals surface area contributed by atoms with Crippen LogP contribution in [-0.4, -0.2) is 64.8 Å². The average Bonchev–Trinajstić information content (AvgIpc) is 2.94. The van der Waals surface area contributed by atoms with Crippen LogP contribution in [0.25, 0.3) is 0 Å². The van der Waals surface area contributed by atoms with Gasteiger partial charge in [0.15, 0.2) is 5.11 Å². The van der Waals surface area contributed by atoms with Crippen LogP contribution in [0.1, 0.15) is 24.8 Å². The lowest BCUT2D eigenvalue weighted by molar-refractivity contribution is -0.119. The lowest BCUT2D eigenvalue weighted by atomic mass is 9.96. The Morgan fingerprint density at radius 2 is 1.69 bits per heavy atom. The maximum absolute atomic E-state index is 13.0. The molecule has 3 heterocycles. The molecule has 0 unspecified atom stereocenters. The summed E-state index contributed by atoms with van der Waals surface area (Å²) in [6.45, 7) is 4.99. The SMILES string of the molecule is O=C(Cc1ccc(F)cc1)NC(=S)Nc1ccc(Oc2ccnc(NC(=O)ON3CCC(CN4CCC4)CC3)c2)cc1. The van der Waals surface area contributed by atoms with Crippen LogP contribution in [0.3, 0.4) is 0 Å². The first kappa shape index (κ1) is 29.4. The van der Waals surface area contributed by atoms with Gasteiger partial charge in [-0.2, -0.15) is 0 Å². The van der Waals surface area contributed by atoms with Gasteiger partial charge >= 0.3 is 6.09 Å². The van der Waals surface area contributed by atoms with E-state index in [4.69, 9.17) is 21.8 Å². The number of aromatic nitrogens is 1. The number of halogens is 1. The number of hydroxylamine groups is 2. The maximum Gasteiger partial charge on any atom is 0.431 e. The Balaban J connectivity index is 1.04. The second-order valence-electron chi connectivity index (χ2n) is 10.3. The Morgan fingerprint density at radius 3 is 2.38 bits per heavy atom. The van der Waals surface area contributed by atoms with E-state index in [1.165, 1.54) is 37.8 Å². The summed E-state index contributed by atoms with van der Waals surface area (Å²) in [4.78, 5) is 36.8. The zero-order valence-corrected chi connectivity index (χ0v) is 23.9. The molecule has 0 spiro atoms. The summed E-state index contributed by atoms with van der Waals surface area (Å²) in [5.74, 6) is 1.33. The molecule has 3 N–H and O–H groups in total. The second kappa shape index (κ2) is 14.2. The number of nitrogens with one attached hydrogen (secondary N) is 3. The first-order valence-corrected chi connectivity index (χ1v) is 14.3. The Labute approximate surface area is 249 Å². The van der Waals surface area contributed by atoms with E-state index in [9.17, 15) is 14.0 Å².